The highest BCUT2D eigenvalue weighted by Gasteiger charge is 2.13. The van der Waals surface area contributed by atoms with Crippen LogP contribution in [0.4, 0.5) is 0 Å². The number of allylic oxidation sites excluding steroid dienone is 6. The minimum atomic E-state index is 0.0442. The number of benzene rings is 1. The Kier molecular flexibility index (Phi) is 3.72. The normalized spacial score (nSPS) is 16.2. The minimum Gasteiger partial charge on any atom is -0.213 e. The van der Waals surface area contributed by atoms with Crippen molar-refractivity contribution in [2.75, 3.05) is 0 Å². The largest absolute Gasteiger partial charge is 0.213 e. The van der Waals surface area contributed by atoms with Crippen LogP contribution in [-0.2, 0) is 0 Å². The average Bonchev–Trinajstić information content (AvgIpc) is 2.68. The summed E-state index contributed by atoms with van der Waals surface area (Å²) in [4.78, 5) is 13.6. The van der Waals surface area contributed by atoms with Crippen LogP contribution in [0.3, 0.4) is 0 Å². The lowest BCUT2D eigenvalue weighted by Gasteiger charge is -2.12. The van der Waals surface area contributed by atoms with Gasteiger partial charge in [-0.15, -0.1) is 0 Å². The van der Waals surface area contributed by atoms with Crippen LogP contribution in [0, 0.1) is 12.3 Å². The van der Waals surface area contributed by atoms with Gasteiger partial charge in [0.05, 0.1) is 0 Å². The highest BCUT2D eigenvalue weighted by Crippen LogP contribution is 2.26. The predicted molar refractivity (Wildman–Crippen MR) is 90.0 cm³/mol. The lowest BCUT2D eigenvalue weighted by molar-refractivity contribution is 0.627. The van der Waals surface area contributed by atoms with Gasteiger partial charge in [0.1, 0.15) is 5.82 Å². The fourth-order valence-corrected chi connectivity index (χ4v) is 2.29. The molecule has 0 aliphatic heterocycles. The van der Waals surface area contributed by atoms with Gasteiger partial charge in [0.15, 0.2) is 11.6 Å². The Labute approximate surface area is 131 Å². The first-order valence-electron chi connectivity index (χ1n) is 7.41. The van der Waals surface area contributed by atoms with E-state index in [0.717, 1.165) is 17.0 Å². The summed E-state index contributed by atoms with van der Waals surface area (Å²) in [6, 6.07) is 9.99. The Morgan fingerprint density at radius 3 is 2.36 bits per heavy atom. The third-order valence-corrected chi connectivity index (χ3v) is 3.53. The van der Waals surface area contributed by atoms with Gasteiger partial charge in [0.2, 0.25) is 0 Å². The van der Waals surface area contributed by atoms with Gasteiger partial charge >= 0.3 is 0 Å². The molecular weight excluding hydrogens is 270 g/mol. The van der Waals surface area contributed by atoms with Crippen LogP contribution in [0.1, 0.15) is 25.5 Å². The van der Waals surface area contributed by atoms with E-state index in [-0.39, 0.29) is 5.41 Å². The molecule has 110 valence electrons. The van der Waals surface area contributed by atoms with Crippen molar-refractivity contribution in [3.63, 3.8) is 0 Å². The Morgan fingerprint density at radius 2 is 1.59 bits per heavy atom. The van der Waals surface area contributed by atoms with Crippen molar-refractivity contribution in [2.24, 2.45) is 5.41 Å². The number of nitrogens with zero attached hydrogens (tertiary/aromatic N) is 3. The Bertz CT molecular complexity index is 769. The molecule has 1 aliphatic rings. The molecule has 3 nitrogen and oxygen atoms in total. The standard InChI is InChI=1S/C19H19N3/c1-14-20-17(15-8-5-4-6-9-15)22-18(21-14)16-10-7-12-19(2,3)13-11-16/h4-13H,1-3H3. The van der Waals surface area contributed by atoms with Crippen molar-refractivity contribution in [1.82, 2.24) is 15.0 Å². The summed E-state index contributed by atoms with van der Waals surface area (Å²) in [6.07, 6.45) is 10.5. The smallest absolute Gasteiger partial charge is 0.163 e. The average molecular weight is 289 g/mol. The summed E-state index contributed by atoms with van der Waals surface area (Å²) in [7, 11) is 0. The Hall–Kier alpha value is -2.55. The molecule has 1 aliphatic carbocycles. The molecule has 2 aromatic rings. The molecule has 0 saturated heterocycles. The van der Waals surface area contributed by atoms with Gasteiger partial charge in [-0.05, 0) is 6.92 Å². The maximum atomic E-state index is 4.64. The predicted octanol–water partition coefficient (Wildman–Crippen LogP) is 4.38. The van der Waals surface area contributed by atoms with Crippen LogP contribution < -0.4 is 0 Å². The molecule has 0 amide bonds. The summed E-state index contributed by atoms with van der Waals surface area (Å²) in [5, 5.41) is 0. The van der Waals surface area contributed by atoms with Gasteiger partial charge in [-0.1, -0.05) is 74.6 Å². The Balaban J connectivity index is 2.04. The minimum absolute atomic E-state index is 0.0442. The summed E-state index contributed by atoms with van der Waals surface area (Å²) in [6.45, 7) is 6.24. The monoisotopic (exact) mass is 289 g/mol. The third kappa shape index (κ3) is 3.19. The Morgan fingerprint density at radius 1 is 0.864 bits per heavy atom. The van der Waals surface area contributed by atoms with Crippen LogP contribution in [0.5, 0.6) is 0 Å². The first kappa shape index (κ1) is 14.4. The van der Waals surface area contributed by atoms with Gasteiger partial charge < -0.3 is 0 Å². The molecule has 3 rings (SSSR count). The SMILES string of the molecule is Cc1nc(C2=CC=CC(C)(C)C=C2)nc(-c2ccccc2)n1. The first-order chi connectivity index (χ1) is 10.5. The number of hydrogen-bond donors (Lipinski definition) is 0. The van der Waals surface area contributed by atoms with E-state index < -0.39 is 0 Å². The van der Waals surface area contributed by atoms with E-state index in [1.54, 1.807) is 0 Å². The highest BCUT2D eigenvalue weighted by atomic mass is 15.0. The van der Waals surface area contributed by atoms with Crippen LogP contribution in [0.15, 0.2) is 60.7 Å². The third-order valence-electron chi connectivity index (χ3n) is 3.53. The fourth-order valence-electron chi connectivity index (χ4n) is 2.29. The van der Waals surface area contributed by atoms with Crippen LogP contribution in [0.2, 0.25) is 0 Å². The molecule has 1 aromatic carbocycles. The second-order valence-corrected chi connectivity index (χ2v) is 6.03. The van der Waals surface area contributed by atoms with Gasteiger partial charge in [-0.3, -0.25) is 0 Å². The first-order valence-corrected chi connectivity index (χ1v) is 7.41. The summed E-state index contributed by atoms with van der Waals surface area (Å²) >= 11 is 0. The van der Waals surface area contributed by atoms with E-state index in [4.69, 9.17) is 0 Å². The molecule has 1 heterocycles. The zero-order valence-corrected chi connectivity index (χ0v) is 13.1. The number of aromatic nitrogens is 3. The van der Waals surface area contributed by atoms with Gasteiger partial charge in [-0.25, -0.2) is 15.0 Å². The second kappa shape index (κ2) is 5.68. The van der Waals surface area contributed by atoms with Gasteiger partial charge in [0, 0.05) is 16.6 Å². The molecular formula is C19H19N3. The van der Waals surface area contributed by atoms with Crippen LogP contribution in [-0.4, -0.2) is 15.0 Å². The zero-order valence-electron chi connectivity index (χ0n) is 13.1. The second-order valence-electron chi connectivity index (χ2n) is 6.03. The number of aryl methyl sites for hydroxylation is 1. The van der Waals surface area contributed by atoms with E-state index in [2.05, 4.69) is 59.2 Å². The molecule has 0 unspecified atom stereocenters. The lowest BCUT2D eigenvalue weighted by atomic mass is 9.93. The summed E-state index contributed by atoms with van der Waals surface area (Å²) in [5.74, 6) is 2.15. The van der Waals surface area contributed by atoms with Crippen molar-refractivity contribution >= 4 is 5.57 Å². The molecule has 0 atom stereocenters. The van der Waals surface area contributed by atoms with E-state index >= 15 is 0 Å². The number of rotatable bonds is 2. The van der Waals surface area contributed by atoms with Crippen molar-refractivity contribution in [1.29, 1.82) is 0 Å². The maximum absolute atomic E-state index is 4.64. The lowest BCUT2D eigenvalue weighted by Crippen LogP contribution is -2.02. The van der Waals surface area contributed by atoms with Crippen molar-refractivity contribution in [3.05, 3.63) is 72.4 Å². The molecule has 0 fully saturated rings. The molecule has 0 spiro atoms. The maximum Gasteiger partial charge on any atom is 0.163 e. The molecule has 1 aromatic heterocycles. The highest BCUT2D eigenvalue weighted by molar-refractivity contribution is 5.72. The summed E-state index contributed by atoms with van der Waals surface area (Å²) < 4.78 is 0. The fraction of sp³-hybridized carbons (Fsp3) is 0.211. The van der Waals surface area contributed by atoms with Crippen LogP contribution >= 0.6 is 0 Å². The molecule has 0 bridgehead atoms. The molecule has 0 radical (unpaired) electrons. The number of hydrogen-bond acceptors (Lipinski definition) is 3. The van der Waals surface area contributed by atoms with Gasteiger partial charge in [0.25, 0.3) is 0 Å². The summed E-state index contributed by atoms with van der Waals surface area (Å²) in [5.41, 5.74) is 2.05. The van der Waals surface area contributed by atoms with Crippen molar-refractivity contribution in [3.8, 4) is 11.4 Å². The van der Waals surface area contributed by atoms with Gasteiger partial charge in [-0.2, -0.15) is 0 Å². The zero-order chi connectivity index (χ0) is 15.6. The van der Waals surface area contributed by atoms with E-state index in [1.807, 2.05) is 37.3 Å². The van der Waals surface area contributed by atoms with Crippen molar-refractivity contribution in [2.45, 2.75) is 20.8 Å². The quantitative estimate of drug-likeness (QED) is 0.823. The molecule has 0 saturated carbocycles. The molecule has 22 heavy (non-hydrogen) atoms. The van der Waals surface area contributed by atoms with E-state index in [1.165, 1.54) is 0 Å². The molecule has 0 N–H and O–H groups in total. The van der Waals surface area contributed by atoms with E-state index in [0.29, 0.717) is 11.6 Å². The molecule has 3 heteroatoms. The van der Waals surface area contributed by atoms with E-state index in [9.17, 15) is 0 Å². The topological polar surface area (TPSA) is 38.7 Å². The van der Waals surface area contributed by atoms with Crippen molar-refractivity contribution < 1.29 is 0 Å². The van der Waals surface area contributed by atoms with Crippen LogP contribution in [0.25, 0.3) is 17.0 Å².